The van der Waals surface area contributed by atoms with Crippen molar-refractivity contribution in [3.05, 3.63) is 83.9 Å². The Bertz CT molecular complexity index is 1470. The van der Waals surface area contributed by atoms with Crippen molar-refractivity contribution < 1.29 is 28.5 Å². The Balaban J connectivity index is 1.43. The van der Waals surface area contributed by atoms with E-state index in [-0.39, 0.29) is 24.0 Å². The molecule has 8 heteroatoms. The number of nitrogens with zero attached hydrogens (tertiary/aromatic N) is 2. The Hall–Kier alpha value is -4.04. The van der Waals surface area contributed by atoms with Gasteiger partial charge in [0.25, 0.3) is 0 Å². The van der Waals surface area contributed by atoms with E-state index in [1.165, 1.54) is 0 Å². The lowest BCUT2D eigenvalue weighted by Gasteiger charge is -2.40. The predicted molar refractivity (Wildman–Crippen MR) is 179 cm³/mol. The smallest absolute Gasteiger partial charge is 0.410 e. The van der Waals surface area contributed by atoms with E-state index in [4.69, 9.17) is 18.9 Å². The Morgan fingerprint density at radius 1 is 0.870 bits per heavy atom. The number of likely N-dealkylation sites (tertiary alicyclic amines) is 1. The third-order valence-corrected chi connectivity index (χ3v) is 8.56. The van der Waals surface area contributed by atoms with Crippen molar-refractivity contribution in [1.29, 1.82) is 0 Å². The first-order valence-electron chi connectivity index (χ1n) is 16.4. The largest absolute Gasteiger partial charge is 0.497 e. The number of piperidine rings is 1. The van der Waals surface area contributed by atoms with Crippen LogP contribution < -0.4 is 9.47 Å². The lowest BCUT2D eigenvalue weighted by atomic mass is 9.79. The fourth-order valence-electron chi connectivity index (χ4n) is 6.17. The summed E-state index contributed by atoms with van der Waals surface area (Å²) in [7, 11) is 3.32. The Morgan fingerprint density at radius 2 is 1.61 bits per heavy atom. The van der Waals surface area contributed by atoms with Crippen LogP contribution in [-0.4, -0.2) is 74.0 Å². The molecule has 0 radical (unpaired) electrons. The van der Waals surface area contributed by atoms with Gasteiger partial charge in [0.05, 0.1) is 19.6 Å². The monoisotopic (exact) mass is 628 g/mol. The molecule has 1 aliphatic heterocycles. The molecule has 8 nitrogen and oxygen atoms in total. The molecule has 2 aliphatic rings. The quantitative estimate of drug-likeness (QED) is 0.196. The van der Waals surface area contributed by atoms with Gasteiger partial charge in [-0.15, -0.1) is 0 Å². The lowest BCUT2D eigenvalue weighted by Crippen LogP contribution is -2.51. The summed E-state index contributed by atoms with van der Waals surface area (Å²) >= 11 is 0. The first-order valence-corrected chi connectivity index (χ1v) is 16.4. The van der Waals surface area contributed by atoms with Gasteiger partial charge in [-0.25, -0.2) is 4.79 Å². The molecular formula is C38H48N2O6. The van der Waals surface area contributed by atoms with E-state index in [2.05, 4.69) is 36.4 Å². The van der Waals surface area contributed by atoms with Crippen LogP contribution in [0.15, 0.2) is 72.8 Å². The van der Waals surface area contributed by atoms with Crippen LogP contribution >= 0.6 is 0 Å². The minimum atomic E-state index is -0.618. The van der Waals surface area contributed by atoms with Gasteiger partial charge in [-0.05, 0) is 80.3 Å². The van der Waals surface area contributed by atoms with Gasteiger partial charge in [0, 0.05) is 51.9 Å². The Morgan fingerprint density at radius 3 is 2.30 bits per heavy atom. The fourth-order valence-corrected chi connectivity index (χ4v) is 6.17. The fraction of sp³-hybridized carbons (Fsp3) is 0.474. The number of carbonyl (C=O) groups excluding carboxylic acids is 2. The molecule has 2 fully saturated rings. The summed E-state index contributed by atoms with van der Waals surface area (Å²) in [6, 6.07) is 24.8. The van der Waals surface area contributed by atoms with Gasteiger partial charge in [-0.3, -0.25) is 4.79 Å². The Labute approximate surface area is 273 Å². The van der Waals surface area contributed by atoms with Gasteiger partial charge in [-0.1, -0.05) is 54.6 Å². The highest BCUT2D eigenvalue weighted by Gasteiger charge is 2.43. The number of ether oxygens (including phenoxy) is 4. The molecule has 2 amide bonds. The minimum Gasteiger partial charge on any atom is -0.497 e. The number of methoxy groups -OCH3 is 2. The SMILES string of the molecule is COCCCOc1cc(CN(C(=O)C2CN(C(=O)OC(C)(C)C)CC[C@@H]2c2cccc(-c3ccccc3)c2)C2CC2)cc(OC)c1. The highest BCUT2D eigenvalue weighted by Crippen LogP contribution is 2.39. The van der Waals surface area contributed by atoms with Gasteiger partial charge in [0.1, 0.15) is 17.1 Å². The van der Waals surface area contributed by atoms with Crippen molar-refractivity contribution in [2.75, 3.05) is 40.5 Å². The van der Waals surface area contributed by atoms with Crippen LogP contribution in [0.5, 0.6) is 11.5 Å². The molecule has 1 heterocycles. The molecule has 1 saturated carbocycles. The van der Waals surface area contributed by atoms with Gasteiger partial charge < -0.3 is 28.7 Å². The molecule has 1 saturated heterocycles. The molecule has 0 N–H and O–H groups in total. The van der Waals surface area contributed by atoms with Crippen LogP contribution in [0.1, 0.15) is 63.5 Å². The van der Waals surface area contributed by atoms with E-state index in [9.17, 15) is 9.59 Å². The third-order valence-electron chi connectivity index (χ3n) is 8.56. The summed E-state index contributed by atoms with van der Waals surface area (Å²) in [4.78, 5) is 31.7. The second-order valence-electron chi connectivity index (χ2n) is 13.3. The molecular weight excluding hydrogens is 580 g/mol. The van der Waals surface area contributed by atoms with E-state index in [1.807, 2.05) is 62.1 Å². The van der Waals surface area contributed by atoms with Crippen LogP contribution in [0.3, 0.4) is 0 Å². The molecule has 0 bridgehead atoms. The van der Waals surface area contributed by atoms with Crippen LogP contribution in [0.2, 0.25) is 0 Å². The zero-order valence-corrected chi connectivity index (χ0v) is 27.9. The molecule has 0 aromatic heterocycles. The average molecular weight is 629 g/mol. The predicted octanol–water partition coefficient (Wildman–Crippen LogP) is 7.31. The van der Waals surface area contributed by atoms with Crippen molar-refractivity contribution in [2.24, 2.45) is 5.92 Å². The van der Waals surface area contributed by atoms with E-state index in [0.29, 0.717) is 50.8 Å². The van der Waals surface area contributed by atoms with Crippen LogP contribution in [0.25, 0.3) is 11.1 Å². The lowest BCUT2D eigenvalue weighted by molar-refractivity contribution is -0.139. The summed E-state index contributed by atoms with van der Waals surface area (Å²) in [5.74, 6) is 1.01. The zero-order valence-electron chi connectivity index (χ0n) is 27.9. The maximum atomic E-state index is 14.7. The number of hydrogen-bond acceptors (Lipinski definition) is 6. The second-order valence-corrected chi connectivity index (χ2v) is 13.3. The highest BCUT2D eigenvalue weighted by molar-refractivity contribution is 5.82. The maximum Gasteiger partial charge on any atom is 0.410 e. The molecule has 1 aliphatic carbocycles. The van der Waals surface area contributed by atoms with Gasteiger partial charge in [-0.2, -0.15) is 0 Å². The first kappa shape index (κ1) is 33.3. The summed E-state index contributed by atoms with van der Waals surface area (Å²) in [5, 5.41) is 0. The highest BCUT2D eigenvalue weighted by atomic mass is 16.6. The molecule has 3 aromatic carbocycles. The van der Waals surface area contributed by atoms with Gasteiger partial charge in [0.2, 0.25) is 5.91 Å². The van der Waals surface area contributed by atoms with Crippen LogP contribution in [-0.2, 0) is 20.8 Å². The average Bonchev–Trinajstić information content (AvgIpc) is 3.90. The van der Waals surface area contributed by atoms with Crippen molar-refractivity contribution in [3.8, 4) is 22.6 Å². The summed E-state index contributed by atoms with van der Waals surface area (Å²) in [6.07, 6.45) is 3.01. The van der Waals surface area contributed by atoms with E-state index in [0.717, 1.165) is 41.5 Å². The molecule has 2 atom stereocenters. The van der Waals surface area contributed by atoms with Crippen molar-refractivity contribution >= 4 is 12.0 Å². The number of carbonyl (C=O) groups is 2. The molecule has 3 aromatic rings. The number of benzene rings is 3. The molecule has 1 unspecified atom stereocenters. The van der Waals surface area contributed by atoms with Crippen molar-refractivity contribution in [2.45, 2.75) is 70.6 Å². The number of rotatable bonds is 12. The second kappa shape index (κ2) is 15.0. The van der Waals surface area contributed by atoms with E-state index >= 15 is 0 Å². The zero-order chi connectivity index (χ0) is 32.7. The van der Waals surface area contributed by atoms with Crippen LogP contribution in [0, 0.1) is 5.92 Å². The van der Waals surface area contributed by atoms with Gasteiger partial charge >= 0.3 is 6.09 Å². The van der Waals surface area contributed by atoms with E-state index < -0.39 is 11.5 Å². The minimum absolute atomic E-state index is 0.0407. The molecule has 246 valence electrons. The maximum absolute atomic E-state index is 14.7. The standard InChI is InChI=1S/C38H48N2O6/c1-38(2,3)46-37(42)39-18-17-34(30-14-9-13-29(23-30)28-11-7-6-8-12-28)35(26-39)36(41)40(31-15-16-31)25-27-21-32(44-5)24-33(22-27)45-20-10-19-43-4/h6-9,11-14,21-24,31,34-35H,10,15-20,25-26H2,1-5H3/t34-,35?/m1/s1. The number of amides is 2. The molecule has 0 spiro atoms. The first-order chi connectivity index (χ1) is 22.1. The Kier molecular flexibility index (Phi) is 10.9. The normalized spacial score (nSPS) is 18.2. The molecule has 5 rings (SSSR count). The topological polar surface area (TPSA) is 77.5 Å². The number of hydrogen-bond donors (Lipinski definition) is 0. The summed E-state index contributed by atoms with van der Waals surface area (Å²) in [6.45, 7) is 8.03. The summed E-state index contributed by atoms with van der Waals surface area (Å²) in [5.41, 5.74) is 3.70. The van der Waals surface area contributed by atoms with Crippen LogP contribution in [0.4, 0.5) is 4.79 Å². The summed E-state index contributed by atoms with van der Waals surface area (Å²) < 4.78 is 22.5. The molecule has 46 heavy (non-hydrogen) atoms. The van der Waals surface area contributed by atoms with Crippen molar-refractivity contribution in [1.82, 2.24) is 9.80 Å². The van der Waals surface area contributed by atoms with Crippen molar-refractivity contribution in [3.63, 3.8) is 0 Å². The van der Waals surface area contributed by atoms with Gasteiger partial charge in [0.15, 0.2) is 0 Å². The van der Waals surface area contributed by atoms with E-state index in [1.54, 1.807) is 19.1 Å². The third kappa shape index (κ3) is 8.81.